The lowest BCUT2D eigenvalue weighted by Gasteiger charge is -2.24. The number of likely N-dealkylation sites (N-methyl/N-ethyl adjacent to an activating group) is 1. The maximum absolute atomic E-state index is 11.8. The molecule has 4 nitrogen and oxygen atoms in total. The van der Waals surface area contributed by atoms with E-state index in [2.05, 4.69) is 5.32 Å². The van der Waals surface area contributed by atoms with Gasteiger partial charge in [0.05, 0.1) is 12.6 Å². The van der Waals surface area contributed by atoms with Gasteiger partial charge in [-0.1, -0.05) is 19.3 Å². The Balaban J connectivity index is 2.14. The van der Waals surface area contributed by atoms with Crippen LogP contribution in [0.1, 0.15) is 45.4 Å². The van der Waals surface area contributed by atoms with E-state index in [1.54, 1.807) is 6.92 Å². The largest absolute Gasteiger partial charge is 0.393 e. The molecule has 1 amide bonds. The highest BCUT2D eigenvalue weighted by molar-refractivity contribution is 5.78. The number of aliphatic hydroxyl groups is 1. The van der Waals surface area contributed by atoms with E-state index < -0.39 is 0 Å². The molecule has 4 heteroatoms. The van der Waals surface area contributed by atoms with Crippen molar-refractivity contribution in [3.8, 4) is 0 Å². The molecule has 2 N–H and O–H groups in total. The quantitative estimate of drug-likeness (QED) is 0.734. The standard InChI is InChI=1S/C13H26N2O2/c1-11(16)8-9-15(2)10-13(17)14-12-6-4-3-5-7-12/h11-12,16H,3-10H2,1-2H3,(H,14,17). The van der Waals surface area contributed by atoms with Gasteiger partial charge < -0.3 is 10.4 Å². The van der Waals surface area contributed by atoms with Crippen molar-refractivity contribution in [3.05, 3.63) is 0 Å². The van der Waals surface area contributed by atoms with E-state index in [1.807, 2.05) is 11.9 Å². The average molecular weight is 242 g/mol. The van der Waals surface area contributed by atoms with E-state index in [4.69, 9.17) is 5.11 Å². The first-order chi connectivity index (χ1) is 8.08. The van der Waals surface area contributed by atoms with Gasteiger partial charge in [-0.2, -0.15) is 0 Å². The second kappa shape index (κ2) is 7.67. The highest BCUT2D eigenvalue weighted by Crippen LogP contribution is 2.17. The highest BCUT2D eigenvalue weighted by atomic mass is 16.3. The smallest absolute Gasteiger partial charge is 0.234 e. The normalized spacial score (nSPS) is 19.3. The number of hydrogen-bond donors (Lipinski definition) is 2. The molecule has 0 aromatic rings. The summed E-state index contributed by atoms with van der Waals surface area (Å²) in [6.45, 7) is 2.97. The molecule has 1 fully saturated rings. The van der Waals surface area contributed by atoms with Crippen molar-refractivity contribution in [3.63, 3.8) is 0 Å². The molecular weight excluding hydrogens is 216 g/mol. The number of aliphatic hydroxyl groups excluding tert-OH is 1. The second-order valence-electron chi connectivity index (χ2n) is 5.28. The van der Waals surface area contributed by atoms with Crippen LogP contribution >= 0.6 is 0 Å². The lowest BCUT2D eigenvalue weighted by molar-refractivity contribution is -0.122. The van der Waals surface area contributed by atoms with Crippen molar-refractivity contribution in [1.29, 1.82) is 0 Å². The number of rotatable bonds is 6. The van der Waals surface area contributed by atoms with E-state index in [1.165, 1.54) is 19.3 Å². The van der Waals surface area contributed by atoms with Gasteiger partial charge in [0.25, 0.3) is 0 Å². The van der Waals surface area contributed by atoms with E-state index in [-0.39, 0.29) is 12.0 Å². The van der Waals surface area contributed by atoms with Gasteiger partial charge in [-0.15, -0.1) is 0 Å². The number of carbonyl (C=O) groups excluding carboxylic acids is 1. The van der Waals surface area contributed by atoms with Gasteiger partial charge in [0, 0.05) is 12.6 Å². The molecule has 1 saturated carbocycles. The topological polar surface area (TPSA) is 52.6 Å². The first kappa shape index (κ1) is 14.5. The van der Waals surface area contributed by atoms with Crippen LogP contribution in [0.25, 0.3) is 0 Å². The van der Waals surface area contributed by atoms with Gasteiger partial charge in [-0.3, -0.25) is 9.69 Å². The van der Waals surface area contributed by atoms with Crippen molar-refractivity contribution >= 4 is 5.91 Å². The molecule has 0 aromatic carbocycles. The second-order valence-corrected chi connectivity index (χ2v) is 5.28. The van der Waals surface area contributed by atoms with Crippen LogP contribution in [0.5, 0.6) is 0 Å². The third-order valence-corrected chi connectivity index (χ3v) is 3.31. The van der Waals surface area contributed by atoms with Crippen molar-refractivity contribution in [2.24, 2.45) is 0 Å². The summed E-state index contributed by atoms with van der Waals surface area (Å²) in [7, 11) is 1.92. The molecule has 1 atom stereocenters. The van der Waals surface area contributed by atoms with Crippen LogP contribution in [0.15, 0.2) is 0 Å². The lowest BCUT2D eigenvalue weighted by atomic mass is 9.95. The Labute approximate surface area is 104 Å². The van der Waals surface area contributed by atoms with Gasteiger partial charge in [0.15, 0.2) is 0 Å². The van der Waals surface area contributed by atoms with Crippen LogP contribution in [-0.2, 0) is 4.79 Å². The molecule has 0 bridgehead atoms. The fraction of sp³-hybridized carbons (Fsp3) is 0.923. The Hall–Kier alpha value is -0.610. The third kappa shape index (κ3) is 6.64. The Morgan fingerprint density at radius 1 is 1.41 bits per heavy atom. The maximum Gasteiger partial charge on any atom is 0.234 e. The Bertz CT molecular complexity index is 225. The zero-order valence-electron chi connectivity index (χ0n) is 11.1. The van der Waals surface area contributed by atoms with Crippen LogP contribution in [0.3, 0.4) is 0 Å². The summed E-state index contributed by atoms with van der Waals surface area (Å²) >= 11 is 0. The molecule has 0 aliphatic heterocycles. The minimum Gasteiger partial charge on any atom is -0.393 e. The van der Waals surface area contributed by atoms with E-state index in [0.29, 0.717) is 19.0 Å². The zero-order chi connectivity index (χ0) is 12.7. The van der Waals surface area contributed by atoms with Crippen molar-refractivity contribution < 1.29 is 9.90 Å². The SMILES string of the molecule is CC(O)CCN(C)CC(=O)NC1CCCCC1. The van der Waals surface area contributed by atoms with Crippen LogP contribution < -0.4 is 5.32 Å². The van der Waals surface area contributed by atoms with Crippen LogP contribution in [0.4, 0.5) is 0 Å². The van der Waals surface area contributed by atoms with E-state index in [0.717, 1.165) is 19.4 Å². The third-order valence-electron chi connectivity index (χ3n) is 3.31. The lowest BCUT2D eigenvalue weighted by Crippen LogP contribution is -2.42. The predicted molar refractivity (Wildman–Crippen MR) is 68.8 cm³/mol. The summed E-state index contributed by atoms with van der Waals surface area (Å²) in [6, 6.07) is 0.390. The fourth-order valence-electron chi connectivity index (χ4n) is 2.25. The summed E-state index contributed by atoms with van der Waals surface area (Å²) in [5.74, 6) is 0.116. The molecule has 0 radical (unpaired) electrons. The fourth-order valence-corrected chi connectivity index (χ4v) is 2.25. The average Bonchev–Trinajstić information content (AvgIpc) is 2.27. The molecule has 0 saturated heterocycles. The molecule has 1 rings (SSSR count). The molecule has 17 heavy (non-hydrogen) atoms. The van der Waals surface area contributed by atoms with Crippen molar-refractivity contribution in [2.45, 2.75) is 57.6 Å². The first-order valence-corrected chi connectivity index (χ1v) is 6.74. The predicted octanol–water partition coefficient (Wildman–Crippen LogP) is 1.14. The number of hydrogen-bond acceptors (Lipinski definition) is 3. The summed E-state index contributed by atoms with van der Waals surface area (Å²) < 4.78 is 0. The van der Waals surface area contributed by atoms with Crippen LogP contribution in [0.2, 0.25) is 0 Å². The molecular formula is C13H26N2O2. The molecule has 0 heterocycles. The van der Waals surface area contributed by atoms with E-state index >= 15 is 0 Å². The van der Waals surface area contributed by atoms with Gasteiger partial charge in [0.1, 0.15) is 0 Å². The summed E-state index contributed by atoms with van der Waals surface area (Å²) in [4.78, 5) is 13.7. The number of nitrogens with one attached hydrogen (secondary N) is 1. The Morgan fingerprint density at radius 3 is 2.65 bits per heavy atom. The summed E-state index contributed by atoms with van der Waals surface area (Å²) in [5, 5.41) is 12.3. The number of amides is 1. The zero-order valence-corrected chi connectivity index (χ0v) is 11.1. The summed E-state index contributed by atoms with van der Waals surface area (Å²) in [6.07, 6.45) is 6.46. The minimum absolute atomic E-state index is 0.116. The molecule has 1 aliphatic rings. The monoisotopic (exact) mass is 242 g/mol. The maximum atomic E-state index is 11.8. The van der Waals surface area contributed by atoms with Crippen LogP contribution in [-0.4, -0.2) is 48.2 Å². The van der Waals surface area contributed by atoms with Crippen molar-refractivity contribution in [1.82, 2.24) is 10.2 Å². The molecule has 0 spiro atoms. The Kier molecular flexibility index (Phi) is 6.52. The van der Waals surface area contributed by atoms with Gasteiger partial charge >= 0.3 is 0 Å². The molecule has 100 valence electrons. The van der Waals surface area contributed by atoms with Crippen LogP contribution in [0, 0.1) is 0 Å². The van der Waals surface area contributed by atoms with Gasteiger partial charge in [-0.25, -0.2) is 0 Å². The van der Waals surface area contributed by atoms with E-state index in [9.17, 15) is 4.79 Å². The highest BCUT2D eigenvalue weighted by Gasteiger charge is 2.16. The Morgan fingerprint density at radius 2 is 2.06 bits per heavy atom. The molecule has 1 unspecified atom stereocenters. The number of carbonyl (C=O) groups is 1. The summed E-state index contributed by atoms with van der Waals surface area (Å²) in [5.41, 5.74) is 0. The number of nitrogens with zero attached hydrogens (tertiary/aromatic N) is 1. The molecule has 1 aliphatic carbocycles. The van der Waals surface area contributed by atoms with Gasteiger partial charge in [0.2, 0.25) is 5.91 Å². The minimum atomic E-state index is -0.293. The van der Waals surface area contributed by atoms with Crippen molar-refractivity contribution in [2.75, 3.05) is 20.1 Å². The first-order valence-electron chi connectivity index (χ1n) is 6.74. The van der Waals surface area contributed by atoms with Gasteiger partial charge in [-0.05, 0) is 33.2 Å². The molecule has 0 aromatic heterocycles.